The molecule has 0 aromatic rings. The molecule has 2 aliphatic rings. The van der Waals surface area contributed by atoms with Gasteiger partial charge in [0.25, 0.3) is 0 Å². The van der Waals surface area contributed by atoms with Crippen LogP contribution in [0.5, 0.6) is 0 Å². The molecular weight excluding hydrogens is 292 g/mol. The Bertz CT molecular complexity index is 440. The Morgan fingerprint density at radius 2 is 2.00 bits per heavy atom. The predicted molar refractivity (Wildman–Crippen MR) is 91.4 cm³/mol. The Morgan fingerprint density at radius 3 is 2.70 bits per heavy atom. The van der Waals surface area contributed by atoms with Crippen LogP contribution in [0.4, 0.5) is 4.79 Å². The summed E-state index contributed by atoms with van der Waals surface area (Å²) in [6.45, 7) is 12.3. The highest BCUT2D eigenvalue weighted by molar-refractivity contribution is 5.67. The normalized spacial score (nSPS) is 29.7. The van der Waals surface area contributed by atoms with Crippen molar-refractivity contribution in [2.45, 2.75) is 65.2 Å². The molecule has 3 atom stereocenters. The van der Waals surface area contributed by atoms with Crippen molar-refractivity contribution in [3.63, 3.8) is 0 Å². The highest BCUT2D eigenvalue weighted by Crippen LogP contribution is 2.51. The largest absolute Gasteiger partial charge is 0.444 e. The van der Waals surface area contributed by atoms with E-state index in [1.54, 1.807) is 0 Å². The van der Waals surface area contributed by atoms with Crippen molar-refractivity contribution in [1.29, 1.82) is 0 Å². The van der Waals surface area contributed by atoms with Gasteiger partial charge in [-0.1, -0.05) is 26.0 Å². The third-order valence-electron chi connectivity index (χ3n) is 4.72. The van der Waals surface area contributed by atoms with Crippen molar-refractivity contribution < 1.29 is 14.3 Å². The Morgan fingerprint density at radius 1 is 1.30 bits per heavy atom. The molecule has 2 rings (SSSR count). The Labute approximate surface area is 140 Å². The molecule has 3 unspecified atom stereocenters. The van der Waals surface area contributed by atoms with Crippen molar-refractivity contribution in [2.24, 2.45) is 11.3 Å². The number of carbonyl (C=O) groups excluding carboxylic acids is 1. The van der Waals surface area contributed by atoms with E-state index in [9.17, 15) is 4.79 Å². The molecule has 1 aliphatic carbocycles. The molecule has 5 nitrogen and oxygen atoms in total. The van der Waals surface area contributed by atoms with Gasteiger partial charge in [-0.2, -0.15) is 0 Å². The SMILES string of the molecule is CC(C)(C)OC(=O)NC/C=C/CNC1C2CCCOC2C1(C)C. The smallest absolute Gasteiger partial charge is 0.407 e. The fourth-order valence-corrected chi connectivity index (χ4v) is 3.75. The fraction of sp³-hybridized carbons (Fsp3) is 0.833. The molecule has 1 heterocycles. The second-order valence-electron chi connectivity index (χ2n) is 8.16. The maximum absolute atomic E-state index is 11.5. The van der Waals surface area contributed by atoms with Gasteiger partial charge in [0, 0.05) is 37.1 Å². The Balaban J connectivity index is 1.64. The molecule has 0 spiro atoms. The molecule has 2 N–H and O–H groups in total. The van der Waals surface area contributed by atoms with Gasteiger partial charge in [0.1, 0.15) is 5.60 Å². The first kappa shape index (κ1) is 18.3. The number of carbonyl (C=O) groups is 1. The van der Waals surface area contributed by atoms with Crippen LogP contribution in [-0.2, 0) is 9.47 Å². The van der Waals surface area contributed by atoms with Gasteiger partial charge in [0.2, 0.25) is 0 Å². The van der Waals surface area contributed by atoms with Crippen LogP contribution < -0.4 is 10.6 Å². The topological polar surface area (TPSA) is 59.6 Å². The summed E-state index contributed by atoms with van der Waals surface area (Å²) in [7, 11) is 0. The highest BCUT2D eigenvalue weighted by atomic mass is 16.6. The first-order chi connectivity index (χ1) is 10.7. The maximum Gasteiger partial charge on any atom is 0.407 e. The number of alkyl carbamates (subject to hydrolysis) is 1. The molecule has 1 aliphatic heterocycles. The zero-order valence-electron chi connectivity index (χ0n) is 15.1. The lowest BCUT2D eigenvalue weighted by Gasteiger charge is -2.60. The third-order valence-corrected chi connectivity index (χ3v) is 4.72. The molecule has 0 bridgehead atoms. The molecule has 1 amide bonds. The van der Waals surface area contributed by atoms with E-state index < -0.39 is 5.60 Å². The van der Waals surface area contributed by atoms with Crippen molar-refractivity contribution in [1.82, 2.24) is 10.6 Å². The quantitative estimate of drug-likeness (QED) is 0.764. The number of amides is 1. The van der Waals surface area contributed by atoms with Crippen LogP contribution in [0.2, 0.25) is 0 Å². The lowest BCUT2D eigenvalue weighted by Crippen LogP contribution is -2.69. The number of ether oxygens (including phenoxy) is 2. The van der Waals surface area contributed by atoms with Gasteiger partial charge in [-0.25, -0.2) is 4.79 Å². The molecule has 0 aromatic carbocycles. The minimum atomic E-state index is -0.455. The highest BCUT2D eigenvalue weighted by Gasteiger charge is 2.57. The van der Waals surface area contributed by atoms with E-state index in [0.29, 0.717) is 24.6 Å². The molecule has 132 valence electrons. The van der Waals surface area contributed by atoms with Crippen LogP contribution in [0.3, 0.4) is 0 Å². The lowest BCUT2D eigenvalue weighted by atomic mass is 9.55. The van der Waals surface area contributed by atoms with E-state index in [2.05, 4.69) is 30.6 Å². The van der Waals surface area contributed by atoms with E-state index in [1.807, 2.05) is 26.8 Å². The number of nitrogens with one attached hydrogen (secondary N) is 2. The van der Waals surface area contributed by atoms with E-state index in [4.69, 9.17) is 9.47 Å². The van der Waals surface area contributed by atoms with E-state index in [1.165, 1.54) is 12.8 Å². The molecule has 2 fully saturated rings. The molecule has 23 heavy (non-hydrogen) atoms. The molecule has 1 saturated heterocycles. The second kappa shape index (κ2) is 7.22. The average Bonchev–Trinajstić information content (AvgIpc) is 2.44. The summed E-state index contributed by atoms with van der Waals surface area (Å²) >= 11 is 0. The molecule has 1 saturated carbocycles. The van der Waals surface area contributed by atoms with Gasteiger partial charge in [-0.3, -0.25) is 0 Å². The van der Waals surface area contributed by atoms with Crippen LogP contribution in [0.1, 0.15) is 47.5 Å². The van der Waals surface area contributed by atoms with Crippen LogP contribution in [0, 0.1) is 11.3 Å². The van der Waals surface area contributed by atoms with Gasteiger partial charge < -0.3 is 20.1 Å². The van der Waals surface area contributed by atoms with Crippen molar-refractivity contribution in [3.05, 3.63) is 12.2 Å². The Kier molecular flexibility index (Phi) is 5.74. The zero-order chi connectivity index (χ0) is 17.1. The van der Waals surface area contributed by atoms with Crippen LogP contribution in [-0.4, -0.2) is 43.5 Å². The second-order valence-corrected chi connectivity index (χ2v) is 8.16. The molecule has 0 aromatic heterocycles. The number of fused-ring (bicyclic) bond motifs is 1. The van der Waals surface area contributed by atoms with Gasteiger partial charge in [0.05, 0.1) is 6.10 Å². The summed E-state index contributed by atoms with van der Waals surface area (Å²) in [4.78, 5) is 11.5. The van der Waals surface area contributed by atoms with Crippen LogP contribution >= 0.6 is 0 Å². The summed E-state index contributed by atoms with van der Waals surface area (Å²) in [5.74, 6) is 0.645. The van der Waals surface area contributed by atoms with E-state index >= 15 is 0 Å². The first-order valence-electron chi connectivity index (χ1n) is 8.68. The van der Waals surface area contributed by atoms with E-state index in [0.717, 1.165) is 13.2 Å². The van der Waals surface area contributed by atoms with Crippen molar-refractivity contribution >= 4 is 6.09 Å². The maximum atomic E-state index is 11.5. The standard InChI is InChI=1S/C18H32N2O3/c1-17(2,3)23-16(21)20-11-7-6-10-19-14-13-9-8-12-22-15(13)18(14,4)5/h6-7,13-15,19H,8-12H2,1-5H3,(H,20,21)/b7-6+. The van der Waals surface area contributed by atoms with Gasteiger partial charge in [-0.05, 0) is 33.6 Å². The molecule has 5 heteroatoms. The summed E-state index contributed by atoms with van der Waals surface area (Å²) in [6.07, 6.45) is 6.48. The summed E-state index contributed by atoms with van der Waals surface area (Å²) in [6, 6.07) is 0.510. The van der Waals surface area contributed by atoms with Gasteiger partial charge in [-0.15, -0.1) is 0 Å². The van der Waals surface area contributed by atoms with Crippen molar-refractivity contribution in [3.8, 4) is 0 Å². The third kappa shape index (κ3) is 4.70. The van der Waals surface area contributed by atoms with Crippen molar-refractivity contribution in [2.75, 3.05) is 19.7 Å². The Hall–Kier alpha value is -1.07. The van der Waals surface area contributed by atoms with Crippen LogP contribution in [0.25, 0.3) is 0 Å². The minimum absolute atomic E-state index is 0.202. The number of hydrogen-bond donors (Lipinski definition) is 2. The average molecular weight is 324 g/mol. The van der Waals surface area contributed by atoms with E-state index in [-0.39, 0.29) is 11.5 Å². The summed E-state index contributed by atoms with van der Waals surface area (Å²) in [5.41, 5.74) is -0.253. The lowest BCUT2D eigenvalue weighted by molar-refractivity contribution is -0.191. The summed E-state index contributed by atoms with van der Waals surface area (Å²) in [5, 5.41) is 6.35. The molecule has 0 radical (unpaired) electrons. The minimum Gasteiger partial charge on any atom is -0.444 e. The van der Waals surface area contributed by atoms with Gasteiger partial charge >= 0.3 is 6.09 Å². The first-order valence-corrected chi connectivity index (χ1v) is 8.68. The summed E-state index contributed by atoms with van der Waals surface area (Å²) < 4.78 is 11.1. The zero-order valence-corrected chi connectivity index (χ0v) is 15.1. The number of hydrogen-bond acceptors (Lipinski definition) is 4. The number of rotatable bonds is 5. The fourth-order valence-electron chi connectivity index (χ4n) is 3.75. The predicted octanol–water partition coefficient (Wildman–Crippen LogP) is 2.86. The monoisotopic (exact) mass is 324 g/mol. The van der Waals surface area contributed by atoms with Crippen LogP contribution in [0.15, 0.2) is 12.2 Å². The van der Waals surface area contributed by atoms with Gasteiger partial charge in [0.15, 0.2) is 0 Å². The molecular formula is C18H32N2O3.